The molecule has 0 saturated carbocycles. The monoisotopic (exact) mass is 1290 g/mol. The molecule has 1 aliphatic carbocycles. The first-order valence-electron chi connectivity index (χ1n) is 32.8. The van der Waals surface area contributed by atoms with Crippen LogP contribution in [0.5, 0.6) is 11.5 Å². The van der Waals surface area contributed by atoms with Crippen molar-refractivity contribution < 1.29 is 35.4 Å². The molecular formula is C78H81N4OPt-3. The number of hydrogen-bond donors (Lipinski definition) is 0. The van der Waals surface area contributed by atoms with Gasteiger partial charge in [0.15, 0.2) is 0 Å². The van der Waals surface area contributed by atoms with Gasteiger partial charge in [0.2, 0.25) is 0 Å². The number of rotatable bonds is 8. The van der Waals surface area contributed by atoms with Gasteiger partial charge in [0.1, 0.15) is 5.82 Å². The van der Waals surface area contributed by atoms with Crippen LogP contribution < -0.4 is 14.5 Å². The van der Waals surface area contributed by atoms with Crippen LogP contribution in [0.25, 0.3) is 61.0 Å². The van der Waals surface area contributed by atoms with Gasteiger partial charge >= 0.3 is 0 Å². The van der Waals surface area contributed by atoms with E-state index in [9.17, 15) is 5.48 Å². The first-order chi connectivity index (χ1) is 42.0. The minimum absolute atomic E-state index is 0. The van der Waals surface area contributed by atoms with E-state index in [1.165, 1.54) is 11.1 Å². The second kappa shape index (κ2) is 21.1. The largest absolute Gasteiger partial charge is 0.509 e. The average molecular weight is 1290 g/mol. The van der Waals surface area contributed by atoms with Crippen molar-refractivity contribution in [2.45, 2.75) is 156 Å². The van der Waals surface area contributed by atoms with E-state index in [1.54, 1.807) is 16.8 Å². The fourth-order valence-corrected chi connectivity index (χ4v) is 11.8. The Bertz CT molecular complexity index is 4540. The first-order valence-corrected chi connectivity index (χ1v) is 29.3. The van der Waals surface area contributed by atoms with Crippen molar-refractivity contribution in [3.05, 3.63) is 222 Å². The number of pyridine rings is 1. The molecule has 0 N–H and O–H groups in total. The number of fused-ring (bicyclic) bond motifs is 5. The van der Waals surface area contributed by atoms with E-state index in [1.807, 2.05) is 48.5 Å². The van der Waals surface area contributed by atoms with E-state index in [-0.39, 0.29) is 79.0 Å². The predicted octanol–water partition coefficient (Wildman–Crippen LogP) is 21.5. The average Bonchev–Trinajstić information content (AvgIpc) is 1.71. The third kappa shape index (κ3) is 10.8. The molecule has 12 rings (SSSR count). The zero-order valence-corrected chi connectivity index (χ0v) is 53.9. The Morgan fingerprint density at radius 1 is 0.524 bits per heavy atom. The zero-order chi connectivity index (χ0) is 64.9. The number of anilines is 4. The van der Waals surface area contributed by atoms with Crippen molar-refractivity contribution in [2.75, 3.05) is 9.80 Å². The molecule has 0 spiro atoms. The van der Waals surface area contributed by atoms with E-state index in [0.717, 1.165) is 74.4 Å². The number of nitrogens with zero attached hydrogens (tertiary/aromatic N) is 4. The van der Waals surface area contributed by atoms with Crippen LogP contribution in [-0.4, -0.2) is 9.55 Å². The van der Waals surface area contributed by atoms with Gasteiger partial charge in [-0.15, -0.1) is 48.1 Å². The van der Waals surface area contributed by atoms with Gasteiger partial charge in [-0.25, -0.2) is 4.98 Å². The summed E-state index contributed by atoms with van der Waals surface area (Å²) in [5, 5.41) is 0.949. The molecule has 2 aliphatic rings. The van der Waals surface area contributed by atoms with Crippen molar-refractivity contribution in [3.8, 4) is 50.7 Å². The van der Waals surface area contributed by atoms with Gasteiger partial charge < -0.3 is 19.1 Å². The van der Waals surface area contributed by atoms with Crippen LogP contribution in [0.3, 0.4) is 0 Å². The molecule has 0 atom stereocenters. The van der Waals surface area contributed by atoms with Crippen molar-refractivity contribution in [1.82, 2.24) is 9.55 Å². The van der Waals surface area contributed by atoms with Crippen molar-refractivity contribution in [2.24, 2.45) is 0 Å². The van der Waals surface area contributed by atoms with Crippen LogP contribution in [0.2, 0.25) is 0 Å². The van der Waals surface area contributed by atoms with Gasteiger partial charge in [0, 0.05) is 72.5 Å². The summed E-state index contributed by atoms with van der Waals surface area (Å²) in [4.78, 5) is 9.05. The van der Waals surface area contributed by atoms with E-state index < -0.39 is 10.8 Å². The maximum Gasteiger partial charge on any atom is 0.135 e. The summed E-state index contributed by atoms with van der Waals surface area (Å²) in [6.07, 6.45) is 3.43. The van der Waals surface area contributed by atoms with Crippen molar-refractivity contribution in [1.29, 1.82) is 0 Å². The van der Waals surface area contributed by atoms with E-state index >= 15 is 0 Å². The molecule has 6 heteroatoms. The second-order valence-corrected chi connectivity index (χ2v) is 28.5. The summed E-state index contributed by atoms with van der Waals surface area (Å²) in [5.41, 5.74) is 13.9. The minimum atomic E-state index is -0.420. The quantitative estimate of drug-likeness (QED) is 0.142. The third-order valence-electron chi connectivity index (χ3n) is 17.2. The Hall–Kier alpha value is -7.20. The van der Waals surface area contributed by atoms with Crippen LogP contribution in [-0.2, 0) is 53.6 Å². The number of para-hydroxylation sites is 3. The number of benzene rings is 8. The first kappa shape index (κ1) is 50.2. The maximum absolute atomic E-state index is 10.5. The van der Waals surface area contributed by atoms with Gasteiger partial charge in [0.25, 0.3) is 0 Å². The number of ether oxygens (including phenoxy) is 1. The second-order valence-electron chi connectivity index (χ2n) is 28.5. The fraction of sp³-hybridized carbons (Fsp3) is 0.308. The zero-order valence-electron chi connectivity index (χ0n) is 58.6. The summed E-state index contributed by atoms with van der Waals surface area (Å²) < 4.78 is 74.7. The maximum atomic E-state index is 10.5. The van der Waals surface area contributed by atoms with Crippen LogP contribution in [0.4, 0.5) is 22.7 Å². The van der Waals surface area contributed by atoms with Crippen LogP contribution >= 0.6 is 0 Å². The minimum Gasteiger partial charge on any atom is -0.509 e. The Labute approximate surface area is 525 Å². The Kier molecular flexibility index (Phi) is 12.6. The Morgan fingerprint density at radius 3 is 1.76 bits per heavy atom. The molecule has 5 nitrogen and oxygen atoms in total. The van der Waals surface area contributed by atoms with E-state index in [4.69, 9.17) is 13.8 Å². The molecule has 2 aromatic heterocycles. The molecule has 0 saturated heterocycles. The summed E-state index contributed by atoms with van der Waals surface area (Å²) in [6, 6.07) is 48.4. The molecule has 84 heavy (non-hydrogen) atoms. The molecule has 1 aliphatic heterocycles. The molecule has 8 aromatic carbocycles. The Balaban J connectivity index is 0.00000850. The molecule has 0 amide bonds. The molecule has 3 heterocycles. The van der Waals surface area contributed by atoms with Gasteiger partial charge in [-0.2, -0.15) is 12.1 Å². The molecular weight excluding hydrogens is 1200 g/mol. The number of aromatic nitrogens is 2. The summed E-state index contributed by atoms with van der Waals surface area (Å²) in [5.74, 6) is 1.23. The van der Waals surface area contributed by atoms with Crippen molar-refractivity contribution in [3.63, 3.8) is 0 Å². The molecule has 432 valence electrons. The van der Waals surface area contributed by atoms with E-state index in [0.29, 0.717) is 62.0 Å². The third-order valence-corrected chi connectivity index (χ3v) is 17.2. The van der Waals surface area contributed by atoms with Crippen molar-refractivity contribution >= 4 is 44.6 Å². The molecule has 0 fully saturated rings. The normalized spacial score (nSPS) is 16.2. The Morgan fingerprint density at radius 2 is 1.11 bits per heavy atom. The smallest absolute Gasteiger partial charge is 0.135 e. The molecule has 0 radical (unpaired) electrons. The van der Waals surface area contributed by atoms with Gasteiger partial charge in [0.05, 0.1) is 9.60 Å². The standard InChI is InChI=1S/C78H81N4O.Pt/c1-73(2,3)54-36-39-79-71(46-54)82-67-25-18-17-24-61(67)62-34-33-60(48-70(62)82)83-59-23-21-22-58(47-59)80-49-81(69-27-20-19-26-68(69)80)72-63(51-30-28-50(29-31-51)53-40-55(74(4,5)6)43-56(41-53)75(7,8)9)44-57(76(10,11)12)45-64(72)52-32-35-65-66(42-52)78(15,16)38-37-77(65,13)14;/h17-36,39-46,49H,37-38H2,1-16H3;/q-3;/i17D,18D,24D,25D,32D,35D,42D;. The van der Waals surface area contributed by atoms with Crippen LogP contribution in [0.15, 0.2) is 170 Å². The molecule has 0 bridgehead atoms. The van der Waals surface area contributed by atoms with Gasteiger partial charge in [-0.3, -0.25) is 0 Å². The van der Waals surface area contributed by atoms with Gasteiger partial charge in [-0.1, -0.05) is 207 Å². The SMILES string of the molecule is [2H]c1c([2H])c2c(c([2H])c1-c1cc(C(C)(C)C)cc(-c3ccc(-c4cc(C(C)(C)C)cc(C(C)(C)C)c4)cc3)c1N1[CH-]N(c3[c-]c(Oc4[c-]c5c(cc4)c4c([2H])c([2H])c([2H])c([2H])c4n5-c4cc(C(C)(C)C)ccn4)ccc3)c3ccccc31)C(C)(C)CCC2(C)C.[Pt]. The summed E-state index contributed by atoms with van der Waals surface area (Å²) in [7, 11) is 0. The fourth-order valence-electron chi connectivity index (χ4n) is 11.8. The van der Waals surface area contributed by atoms with Crippen LogP contribution in [0.1, 0.15) is 167 Å². The topological polar surface area (TPSA) is 33.5 Å². The van der Waals surface area contributed by atoms with E-state index in [2.05, 4.69) is 206 Å². The predicted molar refractivity (Wildman–Crippen MR) is 351 cm³/mol. The van der Waals surface area contributed by atoms with Crippen LogP contribution in [0, 0.1) is 18.8 Å². The molecule has 10 aromatic rings. The molecule has 0 unspecified atom stereocenters. The van der Waals surface area contributed by atoms with Gasteiger partial charge in [-0.05, 0) is 149 Å². The summed E-state index contributed by atoms with van der Waals surface area (Å²) in [6.45, 7) is 37.3. The number of hydrogen-bond acceptors (Lipinski definition) is 4. The summed E-state index contributed by atoms with van der Waals surface area (Å²) >= 11 is 0.